The van der Waals surface area contributed by atoms with Gasteiger partial charge in [-0.1, -0.05) is 43.3 Å². The van der Waals surface area contributed by atoms with E-state index < -0.39 is 0 Å². The van der Waals surface area contributed by atoms with Crippen molar-refractivity contribution in [3.8, 4) is 0 Å². The summed E-state index contributed by atoms with van der Waals surface area (Å²) in [6.45, 7) is 16.3. The number of hydrogen-bond donors (Lipinski definition) is 1. The van der Waals surface area contributed by atoms with Crippen molar-refractivity contribution in [2.24, 2.45) is 0 Å². The predicted molar refractivity (Wildman–Crippen MR) is 137 cm³/mol. The molecule has 2 aromatic rings. The molecule has 1 N–H and O–H groups in total. The number of hydrogen-bond acceptors (Lipinski definition) is 5. The van der Waals surface area contributed by atoms with Crippen LogP contribution in [-0.4, -0.2) is 78.6 Å². The van der Waals surface area contributed by atoms with E-state index in [1.165, 1.54) is 16.7 Å². The van der Waals surface area contributed by atoms with E-state index in [-0.39, 0.29) is 18.1 Å². The molecule has 0 saturated carbocycles. The van der Waals surface area contributed by atoms with Crippen LogP contribution in [0.25, 0.3) is 0 Å². The summed E-state index contributed by atoms with van der Waals surface area (Å²) in [5.74, 6) is -0.0217. The molecule has 0 radical (unpaired) electrons. The first-order valence-electron chi connectivity index (χ1n) is 12.8. The number of ether oxygens (including phenoxy) is 1. The zero-order chi connectivity index (χ0) is 23.9. The third kappa shape index (κ3) is 6.89. The van der Waals surface area contributed by atoms with Gasteiger partial charge in [0.15, 0.2) is 0 Å². The number of carbonyl (C=O) groups excluding carboxylic acids is 1. The van der Waals surface area contributed by atoms with Gasteiger partial charge < -0.3 is 15.0 Å². The molecule has 0 aromatic heterocycles. The van der Waals surface area contributed by atoms with Gasteiger partial charge in [0.25, 0.3) is 5.91 Å². The van der Waals surface area contributed by atoms with E-state index in [1.54, 1.807) is 0 Å². The largest absolute Gasteiger partial charge is 0.373 e. The molecular formula is C28H40N4O2. The summed E-state index contributed by atoms with van der Waals surface area (Å²) in [6.07, 6.45) is 0.523. The van der Waals surface area contributed by atoms with Gasteiger partial charge in [-0.2, -0.15) is 0 Å². The minimum Gasteiger partial charge on any atom is -0.373 e. The molecule has 2 fully saturated rings. The average Bonchev–Trinajstić information content (AvgIpc) is 2.83. The van der Waals surface area contributed by atoms with Gasteiger partial charge in [0.1, 0.15) is 0 Å². The number of rotatable bonds is 8. The lowest BCUT2D eigenvalue weighted by molar-refractivity contribution is -0.0704. The molecule has 34 heavy (non-hydrogen) atoms. The number of piperazine rings is 1. The highest BCUT2D eigenvalue weighted by Gasteiger charge is 2.22. The van der Waals surface area contributed by atoms with Crippen LogP contribution in [0.15, 0.2) is 48.5 Å². The maximum atomic E-state index is 12.8. The number of amides is 1. The number of likely N-dealkylation sites (N-methyl/N-ethyl adjacent to an activating group) is 1. The molecule has 2 unspecified atom stereocenters. The fourth-order valence-corrected chi connectivity index (χ4v) is 5.10. The fourth-order valence-electron chi connectivity index (χ4n) is 5.10. The fraction of sp³-hybridized carbons (Fsp3) is 0.536. The lowest BCUT2D eigenvalue weighted by Crippen LogP contribution is -2.45. The molecule has 4 rings (SSSR count). The van der Waals surface area contributed by atoms with Gasteiger partial charge in [-0.15, -0.1) is 0 Å². The highest BCUT2D eigenvalue weighted by atomic mass is 16.5. The quantitative estimate of drug-likeness (QED) is 0.649. The third-order valence-corrected chi connectivity index (χ3v) is 6.98. The second-order valence-corrected chi connectivity index (χ2v) is 9.81. The number of carbonyl (C=O) groups is 1. The van der Waals surface area contributed by atoms with Crippen LogP contribution >= 0.6 is 0 Å². The van der Waals surface area contributed by atoms with Crippen LogP contribution in [0.1, 0.15) is 47.8 Å². The highest BCUT2D eigenvalue weighted by Crippen LogP contribution is 2.16. The van der Waals surface area contributed by atoms with Crippen LogP contribution in [0.5, 0.6) is 0 Å². The molecule has 2 aliphatic heterocycles. The first-order chi connectivity index (χ1) is 16.5. The Morgan fingerprint density at radius 2 is 1.47 bits per heavy atom. The third-order valence-electron chi connectivity index (χ3n) is 6.98. The summed E-state index contributed by atoms with van der Waals surface area (Å²) in [5, 5.41) is 3.13. The van der Waals surface area contributed by atoms with Gasteiger partial charge in [-0.25, -0.2) is 0 Å². The van der Waals surface area contributed by atoms with Gasteiger partial charge in [0.2, 0.25) is 0 Å². The smallest absolute Gasteiger partial charge is 0.251 e. The maximum Gasteiger partial charge on any atom is 0.251 e. The summed E-state index contributed by atoms with van der Waals surface area (Å²) < 4.78 is 5.83. The van der Waals surface area contributed by atoms with E-state index in [1.807, 2.05) is 12.1 Å². The molecule has 2 heterocycles. The maximum absolute atomic E-state index is 12.8. The van der Waals surface area contributed by atoms with Crippen LogP contribution in [0.3, 0.4) is 0 Å². The zero-order valence-corrected chi connectivity index (χ0v) is 21.0. The summed E-state index contributed by atoms with van der Waals surface area (Å²) in [6, 6.07) is 16.5. The minimum absolute atomic E-state index is 0.0217. The topological polar surface area (TPSA) is 48.0 Å². The second kappa shape index (κ2) is 11.9. The summed E-state index contributed by atoms with van der Waals surface area (Å²) in [4.78, 5) is 20.3. The number of benzene rings is 2. The van der Waals surface area contributed by atoms with Crippen molar-refractivity contribution < 1.29 is 9.53 Å². The molecular weight excluding hydrogens is 424 g/mol. The van der Waals surface area contributed by atoms with Gasteiger partial charge in [0.05, 0.1) is 12.2 Å². The number of nitrogens with zero attached hydrogens (tertiary/aromatic N) is 3. The standard InChI is InChI=1S/C28H40N4O2/c1-4-30-13-15-31(16-14-30)21-27-8-6-5-7-26(27)17-29-28(33)25-11-9-24(10-12-25)20-32-18-22(2)34-23(3)19-32/h5-12,22-23H,4,13-21H2,1-3H3,(H,29,33). The average molecular weight is 465 g/mol. The Bertz CT molecular complexity index is 914. The van der Waals surface area contributed by atoms with E-state index >= 15 is 0 Å². The lowest BCUT2D eigenvalue weighted by atomic mass is 10.1. The SMILES string of the molecule is CCN1CCN(Cc2ccccc2CNC(=O)c2ccc(CN3CC(C)OC(C)C3)cc2)CC1. The van der Waals surface area contributed by atoms with Crippen molar-refractivity contribution in [2.75, 3.05) is 45.8 Å². The first-order valence-corrected chi connectivity index (χ1v) is 12.8. The molecule has 2 atom stereocenters. The van der Waals surface area contributed by atoms with Gasteiger partial charge in [0, 0.05) is 64.5 Å². The predicted octanol–water partition coefficient (Wildman–Crippen LogP) is 3.36. The monoisotopic (exact) mass is 464 g/mol. The van der Waals surface area contributed by atoms with Crippen molar-refractivity contribution in [2.45, 2.75) is 52.6 Å². The molecule has 6 heteroatoms. The number of morpholine rings is 1. The molecule has 0 spiro atoms. The molecule has 6 nitrogen and oxygen atoms in total. The number of nitrogens with one attached hydrogen (secondary N) is 1. The van der Waals surface area contributed by atoms with Crippen molar-refractivity contribution in [3.05, 3.63) is 70.8 Å². The molecule has 1 amide bonds. The molecule has 184 valence electrons. The van der Waals surface area contributed by atoms with E-state index in [0.29, 0.717) is 12.1 Å². The normalized spacial score (nSPS) is 22.6. The van der Waals surface area contributed by atoms with Crippen molar-refractivity contribution >= 4 is 5.91 Å². The Hall–Kier alpha value is -2.25. The molecule has 0 aliphatic carbocycles. The van der Waals surface area contributed by atoms with Gasteiger partial charge in [-0.05, 0) is 49.2 Å². The lowest BCUT2D eigenvalue weighted by Gasteiger charge is -2.35. The van der Waals surface area contributed by atoms with Crippen LogP contribution in [0.2, 0.25) is 0 Å². The van der Waals surface area contributed by atoms with Crippen LogP contribution in [0, 0.1) is 0 Å². The molecule has 0 bridgehead atoms. The highest BCUT2D eigenvalue weighted by molar-refractivity contribution is 5.94. The summed E-state index contributed by atoms with van der Waals surface area (Å²) in [5.41, 5.74) is 4.44. The van der Waals surface area contributed by atoms with E-state index in [2.05, 4.69) is 77.2 Å². The van der Waals surface area contributed by atoms with Crippen LogP contribution < -0.4 is 5.32 Å². The van der Waals surface area contributed by atoms with Crippen LogP contribution in [0.4, 0.5) is 0 Å². The first kappa shape index (κ1) is 24.9. The Kier molecular flexibility index (Phi) is 8.73. The Morgan fingerprint density at radius 3 is 2.12 bits per heavy atom. The zero-order valence-electron chi connectivity index (χ0n) is 21.0. The van der Waals surface area contributed by atoms with Gasteiger partial charge >= 0.3 is 0 Å². The molecule has 2 saturated heterocycles. The van der Waals surface area contributed by atoms with Crippen molar-refractivity contribution in [3.63, 3.8) is 0 Å². The van der Waals surface area contributed by atoms with E-state index in [4.69, 9.17) is 4.74 Å². The molecule has 2 aliphatic rings. The Morgan fingerprint density at radius 1 is 0.853 bits per heavy atom. The Balaban J connectivity index is 1.29. The molecule has 2 aromatic carbocycles. The van der Waals surface area contributed by atoms with Crippen molar-refractivity contribution in [1.82, 2.24) is 20.0 Å². The van der Waals surface area contributed by atoms with E-state index in [0.717, 1.165) is 58.9 Å². The van der Waals surface area contributed by atoms with E-state index in [9.17, 15) is 4.79 Å². The van der Waals surface area contributed by atoms with Crippen LogP contribution in [-0.2, 0) is 24.4 Å². The summed E-state index contributed by atoms with van der Waals surface area (Å²) in [7, 11) is 0. The second-order valence-electron chi connectivity index (χ2n) is 9.81. The van der Waals surface area contributed by atoms with Gasteiger partial charge in [-0.3, -0.25) is 14.6 Å². The summed E-state index contributed by atoms with van der Waals surface area (Å²) >= 11 is 0. The van der Waals surface area contributed by atoms with Crippen molar-refractivity contribution in [1.29, 1.82) is 0 Å². The Labute approximate surface area is 204 Å². The minimum atomic E-state index is -0.0217.